The van der Waals surface area contributed by atoms with Crippen LogP contribution in [0.25, 0.3) is 0 Å². The van der Waals surface area contributed by atoms with Crippen molar-refractivity contribution in [3.05, 3.63) is 70.5 Å². The van der Waals surface area contributed by atoms with Gasteiger partial charge < -0.3 is 5.32 Å². The summed E-state index contributed by atoms with van der Waals surface area (Å²) in [5.41, 5.74) is 1.81. The lowest BCUT2D eigenvalue weighted by atomic mass is 10.1. The largest absolute Gasteiger partial charge is 0.306 e. The van der Waals surface area contributed by atoms with Crippen molar-refractivity contribution in [2.45, 2.75) is 19.5 Å². The van der Waals surface area contributed by atoms with Crippen LogP contribution >= 0.6 is 11.6 Å². The predicted molar refractivity (Wildman–Crippen MR) is 73.1 cm³/mol. The summed E-state index contributed by atoms with van der Waals surface area (Å²) in [6, 6.07) is 14.4. The quantitative estimate of drug-likeness (QED) is 0.866. The maximum atomic E-state index is 13.6. The fourth-order valence-corrected chi connectivity index (χ4v) is 1.94. The summed E-state index contributed by atoms with van der Waals surface area (Å²) in [5.74, 6) is -0.173. The summed E-state index contributed by atoms with van der Waals surface area (Å²) in [5, 5.41) is 4.02. The third kappa shape index (κ3) is 3.31. The van der Waals surface area contributed by atoms with Crippen LogP contribution < -0.4 is 5.32 Å². The molecule has 0 saturated heterocycles. The molecule has 94 valence electrons. The molecule has 1 atom stereocenters. The first-order valence-electron chi connectivity index (χ1n) is 5.89. The molecular weight excluding hydrogens is 249 g/mol. The highest BCUT2D eigenvalue weighted by Crippen LogP contribution is 2.17. The molecule has 18 heavy (non-hydrogen) atoms. The van der Waals surface area contributed by atoms with Gasteiger partial charge in [0.05, 0.1) is 0 Å². The lowest BCUT2D eigenvalue weighted by Crippen LogP contribution is -2.19. The van der Waals surface area contributed by atoms with E-state index in [4.69, 9.17) is 11.6 Å². The normalized spacial score (nSPS) is 12.4. The van der Waals surface area contributed by atoms with Gasteiger partial charge >= 0.3 is 0 Å². The monoisotopic (exact) mass is 263 g/mol. The van der Waals surface area contributed by atoms with E-state index in [2.05, 4.69) is 5.32 Å². The molecule has 2 aromatic rings. The second-order valence-corrected chi connectivity index (χ2v) is 4.69. The molecule has 1 unspecified atom stereocenters. The van der Waals surface area contributed by atoms with Gasteiger partial charge in [-0.15, -0.1) is 0 Å². The van der Waals surface area contributed by atoms with Crippen LogP contribution in [0.4, 0.5) is 4.39 Å². The fourth-order valence-electron chi connectivity index (χ4n) is 1.81. The highest BCUT2D eigenvalue weighted by Gasteiger charge is 2.09. The van der Waals surface area contributed by atoms with E-state index in [1.165, 1.54) is 6.07 Å². The average molecular weight is 264 g/mol. The molecule has 0 aliphatic heterocycles. The first-order valence-corrected chi connectivity index (χ1v) is 6.27. The van der Waals surface area contributed by atoms with Crippen LogP contribution in [0, 0.1) is 5.82 Å². The van der Waals surface area contributed by atoms with Crippen molar-refractivity contribution in [1.29, 1.82) is 0 Å². The third-order valence-electron chi connectivity index (χ3n) is 2.90. The van der Waals surface area contributed by atoms with Crippen molar-refractivity contribution in [3.8, 4) is 0 Å². The Morgan fingerprint density at radius 1 is 1.11 bits per heavy atom. The zero-order chi connectivity index (χ0) is 13.0. The predicted octanol–water partition coefficient (Wildman–Crippen LogP) is 4.33. The Hall–Kier alpha value is -1.38. The van der Waals surface area contributed by atoms with Gasteiger partial charge in [-0.3, -0.25) is 0 Å². The smallest absolute Gasteiger partial charge is 0.127 e. The summed E-state index contributed by atoms with van der Waals surface area (Å²) >= 11 is 5.82. The second kappa shape index (κ2) is 5.98. The van der Waals surface area contributed by atoms with Gasteiger partial charge in [-0.2, -0.15) is 0 Å². The molecule has 0 fully saturated rings. The molecule has 1 N–H and O–H groups in total. The topological polar surface area (TPSA) is 12.0 Å². The number of hydrogen-bond acceptors (Lipinski definition) is 1. The van der Waals surface area contributed by atoms with Crippen LogP contribution in [-0.2, 0) is 6.54 Å². The molecule has 0 radical (unpaired) electrons. The maximum absolute atomic E-state index is 13.6. The van der Waals surface area contributed by atoms with Gasteiger partial charge in [0.2, 0.25) is 0 Å². The number of halogens is 2. The van der Waals surface area contributed by atoms with Crippen LogP contribution in [0.2, 0.25) is 5.02 Å². The Bertz CT molecular complexity index is 510. The van der Waals surface area contributed by atoms with E-state index in [-0.39, 0.29) is 11.9 Å². The molecule has 0 aromatic heterocycles. The van der Waals surface area contributed by atoms with Gasteiger partial charge in [-0.1, -0.05) is 41.9 Å². The zero-order valence-electron chi connectivity index (χ0n) is 10.2. The second-order valence-electron chi connectivity index (χ2n) is 4.25. The lowest BCUT2D eigenvalue weighted by Gasteiger charge is -2.15. The van der Waals surface area contributed by atoms with E-state index < -0.39 is 0 Å². The van der Waals surface area contributed by atoms with Crippen LogP contribution in [-0.4, -0.2) is 0 Å². The Morgan fingerprint density at radius 2 is 1.78 bits per heavy atom. The first kappa shape index (κ1) is 13.1. The SMILES string of the molecule is CC(NCc1ccc(Cl)cc1)c1ccccc1F. The minimum Gasteiger partial charge on any atom is -0.306 e. The van der Waals surface area contributed by atoms with Crippen LogP contribution in [0.3, 0.4) is 0 Å². The van der Waals surface area contributed by atoms with Crippen molar-refractivity contribution >= 4 is 11.6 Å². The number of hydrogen-bond donors (Lipinski definition) is 1. The minimum absolute atomic E-state index is 0.0260. The number of nitrogens with one attached hydrogen (secondary N) is 1. The molecular formula is C15H15ClFN. The summed E-state index contributed by atoms with van der Waals surface area (Å²) in [4.78, 5) is 0. The summed E-state index contributed by atoms with van der Waals surface area (Å²) in [6.45, 7) is 2.64. The maximum Gasteiger partial charge on any atom is 0.127 e. The first-order chi connectivity index (χ1) is 8.66. The van der Waals surface area contributed by atoms with Crippen LogP contribution in [0.1, 0.15) is 24.1 Å². The minimum atomic E-state index is -0.173. The standard InChI is InChI=1S/C15H15ClFN/c1-11(14-4-2-3-5-15(14)17)18-10-12-6-8-13(16)9-7-12/h2-9,11,18H,10H2,1H3. The molecule has 0 heterocycles. The number of rotatable bonds is 4. The van der Waals surface area contributed by atoms with Gasteiger partial charge in [0, 0.05) is 23.2 Å². The van der Waals surface area contributed by atoms with Crippen molar-refractivity contribution in [2.24, 2.45) is 0 Å². The van der Waals surface area contributed by atoms with Gasteiger partial charge in [0.15, 0.2) is 0 Å². The third-order valence-corrected chi connectivity index (χ3v) is 3.15. The van der Waals surface area contributed by atoms with Crippen molar-refractivity contribution in [1.82, 2.24) is 5.32 Å². The van der Waals surface area contributed by atoms with Crippen molar-refractivity contribution in [3.63, 3.8) is 0 Å². The Labute approximate surface area is 112 Å². The molecule has 0 aliphatic carbocycles. The van der Waals surface area contributed by atoms with Gasteiger partial charge in [0.1, 0.15) is 5.82 Å². The highest BCUT2D eigenvalue weighted by molar-refractivity contribution is 6.30. The summed E-state index contributed by atoms with van der Waals surface area (Å²) < 4.78 is 13.6. The average Bonchev–Trinajstić information content (AvgIpc) is 2.38. The lowest BCUT2D eigenvalue weighted by molar-refractivity contribution is 0.528. The Morgan fingerprint density at radius 3 is 2.44 bits per heavy atom. The van der Waals surface area contributed by atoms with Crippen LogP contribution in [0.5, 0.6) is 0 Å². The molecule has 0 saturated carbocycles. The molecule has 2 rings (SSSR count). The number of benzene rings is 2. The highest BCUT2D eigenvalue weighted by atomic mass is 35.5. The molecule has 2 aromatic carbocycles. The van der Waals surface area contributed by atoms with E-state index in [0.717, 1.165) is 10.6 Å². The van der Waals surface area contributed by atoms with Crippen molar-refractivity contribution in [2.75, 3.05) is 0 Å². The Kier molecular flexibility index (Phi) is 4.34. The molecule has 0 amide bonds. The molecule has 0 spiro atoms. The Balaban J connectivity index is 1.98. The van der Waals surface area contributed by atoms with Crippen LogP contribution in [0.15, 0.2) is 48.5 Å². The van der Waals surface area contributed by atoms with Gasteiger partial charge in [-0.05, 0) is 30.7 Å². The van der Waals surface area contributed by atoms with Gasteiger partial charge in [-0.25, -0.2) is 4.39 Å². The molecule has 0 aliphatic rings. The summed E-state index contributed by atoms with van der Waals surface area (Å²) in [7, 11) is 0. The fraction of sp³-hybridized carbons (Fsp3) is 0.200. The van der Waals surface area contributed by atoms with E-state index in [0.29, 0.717) is 12.1 Å². The zero-order valence-corrected chi connectivity index (χ0v) is 10.9. The van der Waals surface area contributed by atoms with E-state index in [9.17, 15) is 4.39 Å². The van der Waals surface area contributed by atoms with E-state index in [1.807, 2.05) is 37.3 Å². The molecule has 0 bridgehead atoms. The van der Waals surface area contributed by atoms with Crippen molar-refractivity contribution < 1.29 is 4.39 Å². The van der Waals surface area contributed by atoms with E-state index >= 15 is 0 Å². The van der Waals surface area contributed by atoms with Gasteiger partial charge in [0.25, 0.3) is 0 Å². The summed E-state index contributed by atoms with van der Waals surface area (Å²) in [6.07, 6.45) is 0. The molecule has 1 nitrogen and oxygen atoms in total. The van der Waals surface area contributed by atoms with E-state index in [1.54, 1.807) is 12.1 Å². The molecule has 3 heteroatoms.